The number of benzene rings is 1. The van der Waals surface area contributed by atoms with E-state index in [0.29, 0.717) is 27.4 Å². The van der Waals surface area contributed by atoms with Crippen molar-refractivity contribution in [1.29, 1.82) is 0 Å². The summed E-state index contributed by atoms with van der Waals surface area (Å²) < 4.78 is 0.457. The summed E-state index contributed by atoms with van der Waals surface area (Å²) in [6.45, 7) is 17.3. The Morgan fingerprint density at radius 1 is 1.22 bits per heavy atom. The molecule has 3 rings (SSSR count). The van der Waals surface area contributed by atoms with Crippen LogP contribution in [0.25, 0.3) is 0 Å². The lowest BCUT2D eigenvalue weighted by Crippen LogP contribution is -2.46. The number of carbonyl (C=O) groups excluding carboxylic acids is 1. The molecule has 0 radical (unpaired) electrons. The minimum absolute atomic E-state index is 0.0860. The number of nitrogens with zero attached hydrogens (tertiary/aromatic N) is 4. The number of piperazine rings is 1. The largest absolute Gasteiger partial charge is 0.402 e. The van der Waals surface area contributed by atoms with E-state index in [0.717, 1.165) is 38.4 Å². The first-order valence-electron chi connectivity index (χ1n) is 11.0. The number of amidine groups is 1. The summed E-state index contributed by atoms with van der Waals surface area (Å²) >= 11 is 3.35. The number of likely N-dealkylation sites (N-methyl/N-ethyl adjacent to an activating group) is 1. The normalized spacial score (nSPS) is 20.6. The highest BCUT2D eigenvalue weighted by Crippen LogP contribution is 2.27. The molecule has 1 aromatic carbocycles. The molecule has 2 heterocycles. The number of nitrogens with two attached hydrogens (primary N) is 1. The van der Waals surface area contributed by atoms with Gasteiger partial charge in [0.05, 0.1) is 4.48 Å². The van der Waals surface area contributed by atoms with Crippen LogP contribution in [0.4, 0.5) is 11.4 Å². The number of amides is 1. The van der Waals surface area contributed by atoms with E-state index in [1.54, 1.807) is 17.9 Å². The monoisotopic (exact) mass is 500 g/mol. The number of nitrogens with one attached hydrogen (secondary N) is 1. The fourth-order valence-corrected chi connectivity index (χ4v) is 4.30. The van der Waals surface area contributed by atoms with Gasteiger partial charge in [-0.2, -0.15) is 0 Å². The van der Waals surface area contributed by atoms with Gasteiger partial charge in [-0.05, 0) is 73.6 Å². The van der Waals surface area contributed by atoms with Crippen molar-refractivity contribution < 1.29 is 4.79 Å². The molecule has 0 aliphatic carbocycles. The average Bonchev–Trinajstić information content (AvgIpc) is 2.76. The van der Waals surface area contributed by atoms with Crippen LogP contribution < -0.4 is 16.0 Å². The van der Waals surface area contributed by atoms with Crippen LogP contribution in [0.1, 0.15) is 27.7 Å². The number of anilines is 2. The van der Waals surface area contributed by atoms with Gasteiger partial charge in [0, 0.05) is 54.9 Å². The number of halogens is 1. The number of aliphatic imine (C=N–C) groups is 1. The molecule has 1 saturated heterocycles. The SMILES string of the molecule is C=C(/N=C1\C(=C(\C)N)C=C(Br)C(=O)N1C(C)C)Nc1ccc(N2CCN(CC)CC2)cc1. The maximum Gasteiger partial charge on any atom is 0.266 e. The van der Waals surface area contributed by atoms with Gasteiger partial charge < -0.3 is 20.9 Å². The third kappa shape index (κ3) is 5.42. The van der Waals surface area contributed by atoms with E-state index in [2.05, 4.69) is 61.7 Å². The second-order valence-electron chi connectivity index (χ2n) is 8.33. The fraction of sp³-hybridized carbons (Fsp3) is 0.417. The Bertz CT molecular complexity index is 951. The van der Waals surface area contributed by atoms with Gasteiger partial charge in [-0.1, -0.05) is 13.5 Å². The summed E-state index contributed by atoms with van der Waals surface area (Å²) in [5, 5.41) is 3.24. The summed E-state index contributed by atoms with van der Waals surface area (Å²) in [6, 6.07) is 8.20. The van der Waals surface area contributed by atoms with Crippen LogP contribution in [0.3, 0.4) is 0 Å². The fourth-order valence-electron chi connectivity index (χ4n) is 3.88. The van der Waals surface area contributed by atoms with Gasteiger partial charge in [0.2, 0.25) is 0 Å². The van der Waals surface area contributed by atoms with Crippen molar-refractivity contribution in [2.24, 2.45) is 10.7 Å². The zero-order valence-electron chi connectivity index (χ0n) is 19.4. The Morgan fingerprint density at radius 2 is 1.84 bits per heavy atom. The molecular formula is C24H33BrN6O. The third-order valence-electron chi connectivity index (χ3n) is 5.69. The molecule has 2 aliphatic heterocycles. The van der Waals surface area contributed by atoms with Crippen molar-refractivity contribution in [3.05, 3.63) is 58.5 Å². The number of carbonyl (C=O) groups is 1. The summed E-state index contributed by atoms with van der Waals surface area (Å²) in [6.07, 6.45) is 1.72. The highest BCUT2D eigenvalue weighted by atomic mass is 79.9. The third-order valence-corrected chi connectivity index (χ3v) is 6.25. The molecular weight excluding hydrogens is 468 g/mol. The summed E-state index contributed by atoms with van der Waals surface area (Å²) in [5.74, 6) is 0.785. The highest BCUT2D eigenvalue weighted by Gasteiger charge is 2.32. The first kappa shape index (κ1) is 24.1. The van der Waals surface area contributed by atoms with Crippen molar-refractivity contribution >= 4 is 39.0 Å². The molecule has 1 fully saturated rings. The van der Waals surface area contributed by atoms with Gasteiger partial charge >= 0.3 is 0 Å². The average molecular weight is 501 g/mol. The minimum Gasteiger partial charge on any atom is -0.402 e. The maximum absolute atomic E-state index is 12.7. The van der Waals surface area contributed by atoms with Crippen molar-refractivity contribution in [2.75, 3.05) is 42.9 Å². The smallest absolute Gasteiger partial charge is 0.266 e. The molecule has 8 heteroatoms. The molecule has 2 aliphatic rings. The predicted molar refractivity (Wildman–Crippen MR) is 137 cm³/mol. The van der Waals surface area contributed by atoms with Gasteiger partial charge in [-0.3, -0.25) is 9.69 Å². The number of hydrogen-bond acceptors (Lipinski definition) is 6. The Kier molecular flexibility index (Phi) is 7.79. The molecule has 0 bridgehead atoms. The van der Waals surface area contributed by atoms with Gasteiger partial charge in [0.25, 0.3) is 5.91 Å². The second-order valence-corrected chi connectivity index (χ2v) is 9.19. The number of allylic oxidation sites excluding steroid dienone is 1. The zero-order chi connectivity index (χ0) is 23.4. The Balaban J connectivity index is 1.76. The lowest BCUT2D eigenvalue weighted by atomic mass is 10.1. The molecule has 32 heavy (non-hydrogen) atoms. The van der Waals surface area contributed by atoms with Crippen LogP contribution in [0, 0.1) is 0 Å². The van der Waals surface area contributed by atoms with Crippen LogP contribution >= 0.6 is 15.9 Å². The molecule has 0 unspecified atom stereocenters. The van der Waals surface area contributed by atoms with Crippen LogP contribution in [0.5, 0.6) is 0 Å². The van der Waals surface area contributed by atoms with E-state index >= 15 is 0 Å². The van der Waals surface area contributed by atoms with Crippen molar-refractivity contribution in [3.63, 3.8) is 0 Å². The number of rotatable bonds is 6. The summed E-state index contributed by atoms with van der Waals surface area (Å²) in [7, 11) is 0. The van der Waals surface area contributed by atoms with Crippen LogP contribution in [0.2, 0.25) is 0 Å². The van der Waals surface area contributed by atoms with E-state index in [4.69, 9.17) is 5.73 Å². The van der Waals surface area contributed by atoms with Crippen molar-refractivity contribution in [1.82, 2.24) is 9.80 Å². The molecule has 1 aromatic rings. The van der Waals surface area contributed by atoms with E-state index in [9.17, 15) is 4.79 Å². The molecule has 172 valence electrons. The van der Waals surface area contributed by atoms with Gasteiger partial charge in [-0.25, -0.2) is 4.99 Å². The van der Waals surface area contributed by atoms with Crippen molar-refractivity contribution in [3.8, 4) is 0 Å². The quantitative estimate of drug-likeness (QED) is 0.619. The summed E-state index contributed by atoms with van der Waals surface area (Å²) in [4.78, 5) is 23.9. The van der Waals surface area contributed by atoms with E-state index < -0.39 is 0 Å². The Labute approximate surface area is 199 Å². The van der Waals surface area contributed by atoms with E-state index in [-0.39, 0.29) is 11.9 Å². The molecule has 0 spiro atoms. The Hall–Kier alpha value is -2.58. The highest BCUT2D eigenvalue weighted by molar-refractivity contribution is 9.12. The second kappa shape index (κ2) is 10.4. The van der Waals surface area contributed by atoms with Crippen LogP contribution in [-0.4, -0.2) is 60.3 Å². The van der Waals surface area contributed by atoms with Crippen LogP contribution in [0.15, 0.2) is 63.5 Å². The zero-order valence-corrected chi connectivity index (χ0v) is 20.9. The molecule has 3 N–H and O–H groups in total. The van der Waals surface area contributed by atoms with E-state index in [1.807, 2.05) is 26.0 Å². The first-order chi connectivity index (χ1) is 15.2. The lowest BCUT2D eigenvalue weighted by molar-refractivity contribution is -0.123. The molecule has 0 atom stereocenters. The topological polar surface area (TPSA) is 77.2 Å². The van der Waals surface area contributed by atoms with Crippen LogP contribution in [-0.2, 0) is 4.79 Å². The molecule has 0 aromatic heterocycles. The standard InChI is InChI=1S/C24H33BrN6O/c1-6-29-11-13-30(14-12-29)20-9-7-19(8-10-20)27-18(5)28-23-21(17(4)26)15-22(25)24(32)31(23)16(2)3/h7-10,15-16,27H,5-6,11-14,26H2,1-4H3/b21-17-,28-23+. The van der Waals surface area contributed by atoms with Gasteiger partial charge in [-0.15, -0.1) is 0 Å². The lowest BCUT2D eigenvalue weighted by Gasteiger charge is -2.35. The summed E-state index contributed by atoms with van der Waals surface area (Å²) in [5.41, 5.74) is 9.49. The van der Waals surface area contributed by atoms with Gasteiger partial charge in [0.15, 0.2) is 0 Å². The molecule has 0 saturated carbocycles. The molecule has 1 amide bonds. The Morgan fingerprint density at radius 3 is 2.38 bits per heavy atom. The first-order valence-corrected chi connectivity index (χ1v) is 11.8. The van der Waals surface area contributed by atoms with Gasteiger partial charge in [0.1, 0.15) is 11.7 Å². The molecule has 7 nitrogen and oxygen atoms in total. The predicted octanol–water partition coefficient (Wildman–Crippen LogP) is 3.87. The minimum atomic E-state index is -0.149. The van der Waals surface area contributed by atoms with Crippen molar-refractivity contribution in [2.45, 2.75) is 33.7 Å². The van der Waals surface area contributed by atoms with E-state index in [1.165, 1.54) is 5.69 Å². The maximum atomic E-state index is 12.7. The number of hydrogen-bond donors (Lipinski definition) is 2.